The molecule has 0 aliphatic heterocycles. The van der Waals surface area contributed by atoms with E-state index in [2.05, 4.69) is 15.8 Å². The minimum absolute atomic E-state index is 0.128. The number of nitro benzene ring substituents is 1. The van der Waals surface area contributed by atoms with Crippen molar-refractivity contribution in [2.45, 2.75) is 6.92 Å². The van der Waals surface area contributed by atoms with E-state index in [-0.39, 0.29) is 27.7 Å². The Hall–Kier alpha value is -4.64. The quantitative estimate of drug-likeness (QED) is 0.131. The highest BCUT2D eigenvalue weighted by Crippen LogP contribution is 2.21. The summed E-state index contributed by atoms with van der Waals surface area (Å²) in [6, 6.07) is 14.8. The number of nitro groups is 1. The molecule has 0 heterocycles. The van der Waals surface area contributed by atoms with Gasteiger partial charge in [-0.25, -0.2) is 14.6 Å². The highest BCUT2D eigenvalue weighted by molar-refractivity contribution is 6.40. The molecule has 0 bridgehead atoms. The van der Waals surface area contributed by atoms with Crippen LogP contribution < -0.4 is 15.5 Å². The first-order valence-corrected chi connectivity index (χ1v) is 10.2. The SMILES string of the molecule is CC(=NNC(=O)C(=O)Nc1ccc(F)c(Cl)c1)c1ccc(OC(=O)c2ccccc2[N+](=O)[O-])cc1. The molecule has 3 aromatic carbocycles. The lowest BCUT2D eigenvalue weighted by Gasteiger charge is -2.07. The summed E-state index contributed by atoms with van der Waals surface area (Å²) in [6.07, 6.45) is 0. The zero-order chi connectivity index (χ0) is 25.5. The molecule has 0 radical (unpaired) electrons. The van der Waals surface area contributed by atoms with Crippen LogP contribution >= 0.6 is 11.6 Å². The second-order valence-electron chi connectivity index (χ2n) is 6.91. The first-order chi connectivity index (χ1) is 16.7. The molecule has 12 heteroatoms. The number of para-hydroxylation sites is 1. The largest absolute Gasteiger partial charge is 0.423 e. The second kappa shape index (κ2) is 11.0. The highest BCUT2D eigenvalue weighted by atomic mass is 35.5. The zero-order valence-electron chi connectivity index (χ0n) is 18.0. The van der Waals surface area contributed by atoms with Crippen molar-refractivity contribution in [2.75, 3.05) is 5.32 Å². The maximum absolute atomic E-state index is 13.2. The van der Waals surface area contributed by atoms with Gasteiger partial charge in [0.25, 0.3) is 5.69 Å². The molecule has 0 aliphatic carbocycles. The Bertz CT molecular complexity index is 1340. The van der Waals surface area contributed by atoms with Gasteiger partial charge in [0.2, 0.25) is 0 Å². The lowest BCUT2D eigenvalue weighted by Crippen LogP contribution is -2.32. The van der Waals surface area contributed by atoms with E-state index in [1.165, 1.54) is 54.6 Å². The standard InChI is InChI=1S/C23H16ClFN4O6/c1-13(27-28-22(31)21(30)26-15-8-11-19(25)18(24)12-15)14-6-9-16(10-7-14)35-23(32)17-4-2-3-5-20(17)29(33)34/h2-12H,1H3,(H,26,30)(H,28,31). The molecule has 0 spiro atoms. The first kappa shape index (κ1) is 25.0. The third-order valence-corrected chi connectivity index (χ3v) is 4.80. The van der Waals surface area contributed by atoms with Crippen LogP contribution in [0.5, 0.6) is 5.75 Å². The number of nitrogens with one attached hydrogen (secondary N) is 2. The first-order valence-electron chi connectivity index (χ1n) is 9.82. The molecule has 0 atom stereocenters. The number of halogens is 2. The van der Waals surface area contributed by atoms with Crippen molar-refractivity contribution < 1.29 is 28.4 Å². The van der Waals surface area contributed by atoms with Crippen LogP contribution in [0.3, 0.4) is 0 Å². The average molecular weight is 499 g/mol. The van der Waals surface area contributed by atoms with Crippen LogP contribution in [0.25, 0.3) is 0 Å². The number of nitrogens with zero attached hydrogens (tertiary/aromatic N) is 2. The fourth-order valence-corrected chi connectivity index (χ4v) is 2.92. The van der Waals surface area contributed by atoms with Crippen molar-refractivity contribution in [2.24, 2.45) is 5.10 Å². The Labute approximate surface area is 202 Å². The van der Waals surface area contributed by atoms with Gasteiger partial charge < -0.3 is 10.1 Å². The van der Waals surface area contributed by atoms with Crippen LogP contribution in [-0.2, 0) is 9.59 Å². The lowest BCUT2D eigenvalue weighted by molar-refractivity contribution is -0.385. The number of hydrogen-bond donors (Lipinski definition) is 2. The van der Waals surface area contributed by atoms with Crippen molar-refractivity contribution in [1.82, 2.24) is 5.43 Å². The smallest absolute Gasteiger partial charge is 0.350 e. The highest BCUT2D eigenvalue weighted by Gasteiger charge is 2.21. The predicted octanol–water partition coefficient (Wildman–Crippen LogP) is 4.09. The number of amides is 2. The molecule has 3 rings (SSSR count). The van der Waals surface area contributed by atoms with Gasteiger partial charge in [0.05, 0.1) is 15.7 Å². The Morgan fingerprint density at radius 1 is 1.03 bits per heavy atom. The minimum Gasteiger partial charge on any atom is -0.423 e. The van der Waals surface area contributed by atoms with Gasteiger partial charge in [-0.2, -0.15) is 5.10 Å². The summed E-state index contributed by atoms with van der Waals surface area (Å²) in [6.45, 7) is 1.56. The number of anilines is 1. The van der Waals surface area contributed by atoms with E-state index in [0.29, 0.717) is 11.3 Å². The van der Waals surface area contributed by atoms with E-state index in [0.717, 1.165) is 12.1 Å². The number of hydrazone groups is 1. The van der Waals surface area contributed by atoms with Crippen LogP contribution in [0.2, 0.25) is 5.02 Å². The lowest BCUT2D eigenvalue weighted by atomic mass is 10.1. The van der Waals surface area contributed by atoms with Crippen molar-refractivity contribution in [1.29, 1.82) is 0 Å². The van der Waals surface area contributed by atoms with E-state index in [9.17, 15) is 28.9 Å². The Kier molecular flexibility index (Phi) is 7.85. The fourth-order valence-electron chi connectivity index (χ4n) is 2.74. The number of carbonyl (C=O) groups excluding carboxylic acids is 3. The van der Waals surface area contributed by atoms with Crippen LogP contribution in [0, 0.1) is 15.9 Å². The zero-order valence-corrected chi connectivity index (χ0v) is 18.7. The summed E-state index contributed by atoms with van der Waals surface area (Å²) in [5, 5.41) is 17.0. The van der Waals surface area contributed by atoms with E-state index in [4.69, 9.17) is 16.3 Å². The van der Waals surface area contributed by atoms with Gasteiger partial charge in [0.1, 0.15) is 17.1 Å². The number of rotatable bonds is 6. The van der Waals surface area contributed by atoms with E-state index >= 15 is 0 Å². The number of esters is 1. The molecule has 2 N–H and O–H groups in total. The number of ether oxygens (including phenoxy) is 1. The number of carbonyl (C=O) groups is 3. The van der Waals surface area contributed by atoms with E-state index in [1.54, 1.807) is 6.92 Å². The van der Waals surface area contributed by atoms with E-state index in [1.807, 2.05) is 0 Å². The fraction of sp³-hybridized carbons (Fsp3) is 0.0435. The summed E-state index contributed by atoms with van der Waals surface area (Å²) in [5.74, 6) is -3.54. The topological polar surface area (TPSA) is 140 Å². The molecule has 3 aromatic rings. The molecule has 178 valence electrons. The van der Waals surface area contributed by atoms with Crippen molar-refractivity contribution in [3.63, 3.8) is 0 Å². The number of benzene rings is 3. The molecule has 10 nitrogen and oxygen atoms in total. The van der Waals surface area contributed by atoms with Gasteiger partial charge >= 0.3 is 17.8 Å². The van der Waals surface area contributed by atoms with Crippen LogP contribution in [-0.4, -0.2) is 28.4 Å². The summed E-state index contributed by atoms with van der Waals surface area (Å²) >= 11 is 5.63. The Balaban J connectivity index is 1.60. The van der Waals surface area contributed by atoms with Gasteiger partial charge in [-0.1, -0.05) is 23.7 Å². The molecule has 0 aliphatic rings. The summed E-state index contributed by atoms with van der Waals surface area (Å²) in [4.78, 5) is 46.7. The van der Waals surface area contributed by atoms with Crippen molar-refractivity contribution >= 4 is 46.5 Å². The maximum Gasteiger partial charge on any atom is 0.350 e. The van der Waals surface area contributed by atoms with Gasteiger partial charge in [-0.05, 0) is 61.0 Å². The summed E-state index contributed by atoms with van der Waals surface area (Å²) < 4.78 is 18.4. The molecular weight excluding hydrogens is 483 g/mol. The molecule has 0 saturated heterocycles. The van der Waals surface area contributed by atoms with Crippen molar-refractivity contribution in [3.8, 4) is 5.75 Å². The van der Waals surface area contributed by atoms with Gasteiger partial charge in [0, 0.05) is 11.8 Å². The van der Waals surface area contributed by atoms with E-state index < -0.39 is 28.5 Å². The van der Waals surface area contributed by atoms with Crippen LogP contribution in [0.15, 0.2) is 71.8 Å². The molecular formula is C23H16ClFN4O6. The molecule has 35 heavy (non-hydrogen) atoms. The number of hydrogen-bond acceptors (Lipinski definition) is 7. The van der Waals surface area contributed by atoms with Crippen LogP contribution in [0.1, 0.15) is 22.8 Å². The maximum atomic E-state index is 13.2. The van der Waals surface area contributed by atoms with Crippen molar-refractivity contribution in [3.05, 3.63) is 98.8 Å². The van der Waals surface area contributed by atoms with Crippen LogP contribution in [0.4, 0.5) is 15.8 Å². The van der Waals surface area contributed by atoms with Gasteiger partial charge in [0.15, 0.2) is 0 Å². The average Bonchev–Trinajstić information content (AvgIpc) is 2.84. The Morgan fingerprint density at radius 3 is 2.37 bits per heavy atom. The minimum atomic E-state index is -1.07. The summed E-state index contributed by atoms with van der Waals surface area (Å²) in [5.41, 5.74) is 2.51. The third kappa shape index (κ3) is 6.45. The normalized spacial score (nSPS) is 10.9. The second-order valence-corrected chi connectivity index (χ2v) is 7.32. The van der Waals surface area contributed by atoms with Gasteiger partial charge in [-0.3, -0.25) is 19.7 Å². The Morgan fingerprint density at radius 2 is 1.71 bits per heavy atom. The monoisotopic (exact) mass is 498 g/mol. The molecule has 0 unspecified atom stereocenters. The molecule has 0 fully saturated rings. The van der Waals surface area contributed by atoms with Gasteiger partial charge in [-0.15, -0.1) is 0 Å². The molecule has 0 saturated carbocycles. The predicted molar refractivity (Wildman–Crippen MR) is 125 cm³/mol. The molecule has 2 amide bonds. The third-order valence-electron chi connectivity index (χ3n) is 4.51. The molecule has 0 aromatic heterocycles. The summed E-state index contributed by atoms with van der Waals surface area (Å²) in [7, 11) is 0.